The van der Waals surface area contributed by atoms with E-state index in [1.165, 1.54) is 6.07 Å². The number of Topliss-reactive ketones (excluding diaryl/α,β-unsaturated/α-hetero) is 1. The van der Waals surface area contributed by atoms with Crippen molar-refractivity contribution in [3.63, 3.8) is 0 Å². The van der Waals surface area contributed by atoms with Crippen LogP contribution in [-0.4, -0.2) is 23.1 Å². The molecule has 1 aliphatic carbocycles. The van der Waals surface area contributed by atoms with Gasteiger partial charge < -0.3 is 9.30 Å². The van der Waals surface area contributed by atoms with Gasteiger partial charge >= 0.3 is 0 Å². The predicted molar refractivity (Wildman–Crippen MR) is 71.6 cm³/mol. The zero-order chi connectivity index (χ0) is 13.2. The van der Waals surface area contributed by atoms with Crippen LogP contribution >= 0.6 is 0 Å². The molecule has 1 aromatic heterocycles. The molecule has 19 heavy (non-hydrogen) atoms. The van der Waals surface area contributed by atoms with Gasteiger partial charge in [-0.3, -0.25) is 9.59 Å². The van der Waals surface area contributed by atoms with Crippen LogP contribution in [0, 0.1) is 0 Å². The molecule has 0 saturated carbocycles. The molecule has 0 N–H and O–H groups in total. The Hall–Kier alpha value is -1.42. The summed E-state index contributed by atoms with van der Waals surface area (Å²) in [7, 11) is 0. The van der Waals surface area contributed by atoms with Crippen LogP contribution < -0.4 is 5.56 Å². The van der Waals surface area contributed by atoms with Crippen molar-refractivity contribution in [2.45, 2.75) is 51.2 Å². The van der Waals surface area contributed by atoms with Crippen LogP contribution in [-0.2, 0) is 17.7 Å². The van der Waals surface area contributed by atoms with Crippen molar-refractivity contribution in [2.75, 3.05) is 6.61 Å². The number of hydrogen-bond acceptors (Lipinski definition) is 3. The first-order valence-electron chi connectivity index (χ1n) is 7.13. The van der Waals surface area contributed by atoms with Crippen molar-refractivity contribution in [1.29, 1.82) is 0 Å². The monoisotopic (exact) mass is 261 g/mol. The zero-order valence-corrected chi connectivity index (χ0v) is 11.1. The van der Waals surface area contributed by atoms with Crippen LogP contribution in [0.25, 0.3) is 0 Å². The van der Waals surface area contributed by atoms with Gasteiger partial charge in [0.2, 0.25) is 0 Å². The highest BCUT2D eigenvalue weighted by Crippen LogP contribution is 2.21. The highest BCUT2D eigenvalue weighted by Gasteiger charge is 2.22. The molecule has 1 aliphatic heterocycles. The summed E-state index contributed by atoms with van der Waals surface area (Å²) in [5, 5.41) is 0. The van der Waals surface area contributed by atoms with Crippen LogP contribution in [0.4, 0.5) is 0 Å². The lowest BCUT2D eigenvalue weighted by Gasteiger charge is -2.20. The van der Waals surface area contributed by atoms with Gasteiger partial charge in [0.25, 0.3) is 5.56 Å². The molecule has 4 heteroatoms. The molecule has 2 heterocycles. The number of ketones is 1. The van der Waals surface area contributed by atoms with Crippen LogP contribution in [0.2, 0.25) is 0 Å². The maximum Gasteiger partial charge on any atom is 0.250 e. The van der Waals surface area contributed by atoms with E-state index in [4.69, 9.17) is 4.74 Å². The van der Waals surface area contributed by atoms with Crippen LogP contribution in [0.3, 0.4) is 0 Å². The van der Waals surface area contributed by atoms with Crippen molar-refractivity contribution >= 4 is 5.78 Å². The van der Waals surface area contributed by atoms with E-state index in [0.717, 1.165) is 50.0 Å². The molecule has 4 nitrogen and oxygen atoms in total. The van der Waals surface area contributed by atoms with Gasteiger partial charge in [-0.2, -0.15) is 0 Å². The third-order valence-electron chi connectivity index (χ3n) is 4.11. The molecule has 1 saturated heterocycles. The standard InChI is InChI=1S/C15H19NO3/c17-14-5-1-4-13-12(14)6-7-15(18)16(13)9-8-11-3-2-10-19-11/h6-7,11H,1-5,8-10H2. The van der Waals surface area contributed by atoms with E-state index in [1.54, 1.807) is 10.6 Å². The lowest BCUT2D eigenvalue weighted by atomic mass is 9.94. The minimum Gasteiger partial charge on any atom is -0.378 e. The summed E-state index contributed by atoms with van der Waals surface area (Å²) < 4.78 is 7.38. The van der Waals surface area contributed by atoms with Crippen molar-refractivity contribution in [3.05, 3.63) is 33.7 Å². The highest BCUT2D eigenvalue weighted by atomic mass is 16.5. The van der Waals surface area contributed by atoms with Crippen molar-refractivity contribution in [3.8, 4) is 0 Å². The van der Waals surface area contributed by atoms with Crippen LogP contribution in [0.5, 0.6) is 0 Å². The fraction of sp³-hybridized carbons (Fsp3) is 0.600. The predicted octanol–water partition coefficient (Wildman–Crippen LogP) is 1.94. The zero-order valence-electron chi connectivity index (χ0n) is 11.1. The normalized spacial score (nSPS) is 22.5. The van der Waals surface area contributed by atoms with Crippen LogP contribution in [0.15, 0.2) is 16.9 Å². The van der Waals surface area contributed by atoms with Gasteiger partial charge in [0.15, 0.2) is 5.78 Å². The Balaban J connectivity index is 1.85. The van der Waals surface area contributed by atoms with E-state index in [1.807, 2.05) is 0 Å². The third-order valence-corrected chi connectivity index (χ3v) is 4.11. The first kappa shape index (κ1) is 12.6. The van der Waals surface area contributed by atoms with Gasteiger partial charge in [0.1, 0.15) is 0 Å². The summed E-state index contributed by atoms with van der Waals surface area (Å²) in [6, 6.07) is 3.22. The van der Waals surface area contributed by atoms with E-state index in [0.29, 0.717) is 13.0 Å². The molecule has 0 aromatic carbocycles. The Morgan fingerprint density at radius 2 is 2.11 bits per heavy atom. The molecule has 2 aliphatic rings. The minimum atomic E-state index is 0.00597. The van der Waals surface area contributed by atoms with E-state index in [2.05, 4.69) is 0 Å². The number of carbonyl (C=O) groups is 1. The van der Waals surface area contributed by atoms with Gasteiger partial charge in [-0.05, 0) is 38.2 Å². The Kier molecular flexibility index (Phi) is 3.51. The van der Waals surface area contributed by atoms with Gasteiger partial charge in [-0.15, -0.1) is 0 Å². The van der Waals surface area contributed by atoms with E-state index in [9.17, 15) is 9.59 Å². The quantitative estimate of drug-likeness (QED) is 0.835. The number of carbonyl (C=O) groups excluding carboxylic acids is 1. The van der Waals surface area contributed by atoms with E-state index < -0.39 is 0 Å². The molecule has 1 fully saturated rings. The first-order chi connectivity index (χ1) is 9.25. The number of aromatic nitrogens is 1. The van der Waals surface area contributed by atoms with Gasteiger partial charge in [-0.25, -0.2) is 0 Å². The highest BCUT2D eigenvalue weighted by molar-refractivity contribution is 5.97. The minimum absolute atomic E-state index is 0.00597. The van der Waals surface area contributed by atoms with Gasteiger partial charge in [0.05, 0.1) is 6.10 Å². The lowest BCUT2D eigenvalue weighted by Crippen LogP contribution is -2.29. The molecule has 102 valence electrons. The molecule has 1 atom stereocenters. The fourth-order valence-electron chi connectivity index (χ4n) is 3.08. The summed E-state index contributed by atoms with van der Waals surface area (Å²) in [6.45, 7) is 1.50. The average molecular weight is 261 g/mol. The van der Waals surface area contributed by atoms with Gasteiger partial charge in [0, 0.05) is 36.9 Å². The molecule has 0 bridgehead atoms. The number of fused-ring (bicyclic) bond motifs is 1. The number of ether oxygens (including phenoxy) is 1. The maximum atomic E-state index is 12.0. The number of nitrogens with zero attached hydrogens (tertiary/aromatic N) is 1. The summed E-state index contributed by atoms with van der Waals surface area (Å²) in [6.07, 6.45) is 5.65. The molecular weight excluding hydrogens is 242 g/mol. The Morgan fingerprint density at radius 3 is 2.89 bits per heavy atom. The molecule has 3 rings (SSSR count). The lowest BCUT2D eigenvalue weighted by molar-refractivity contribution is 0.0965. The maximum absolute atomic E-state index is 12.0. The molecule has 0 spiro atoms. The van der Waals surface area contributed by atoms with E-state index in [-0.39, 0.29) is 17.4 Å². The van der Waals surface area contributed by atoms with E-state index >= 15 is 0 Å². The molecule has 1 unspecified atom stereocenters. The number of pyridine rings is 1. The SMILES string of the molecule is O=C1CCCc2c1ccc(=O)n2CCC1CCCO1. The fourth-order valence-corrected chi connectivity index (χ4v) is 3.08. The molecule has 0 amide bonds. The summed E-state index contributed by atoms with van der Waals surface area (Å²) >= 11 is 0. The first-order valence-corrected chi connectivity index (χ1v) is 7.13. The smallest absolute Gasteiger partial charge is 0.250 e. The van der Waals surface area contributed by atoms with Crippen molar-refractivity contribution in [1.82, 2.24) is 4.57 Å². The Morgan fingerprint density at radius 1 is 1.21 bits per heavy atom. The molecular formula is C15H19NO3. The topological polar surface area (TPSA) is 48.3 Å². The second-order valence-electron chi connectivity index (χ2n) is 5.38. The summed E-state index contributed by atoms with van der Waals surface area (Å²) in [5.74, 6) is 0.173. The van der Waals surface area contributed by atoms with Gasteiger partial charge in [-0.1, -0.05) is 0 Å². The third kappa shape index (κ3) is 2.50. The Labute approximate surface area is 112 Å². The number of hydrogen-bond donors (Lipinski definition) is 0. The second kappa shape index (κ2) is 5.29. The molecule has 0 radical (unpaired) electrons. The average Bonchev–Trinajstić information content (AvgIpc) is 2.91. The molecule has 1 aromatic rings. The van der Waals surface area contributed by atoms with Crippen molar-refractivity contribution in [2.24, 2.45) is 0 Å². The second-order valence-corrected chi connectivity index (χ2v) is 5.38. The largest absolute Gasteiger partial charge is 0.378 e. The van der Waals surface area contributed by atoms with Crippen LogP contribution in [0.1, 0.15) is 48.2 Å². The van der Waals surface area contributed by atoms with Crippen molar-refractivity contribution < 1.29 is 9.53 Å². The summed E-state index contributed by atoms with van der Waals surface area (Å²) in [5.41, 5.74) is 1.69. The number of rotatable bonds is 3. The Bertz CT molecular complexity index is 541. The summed E-state index contributed by atoms with van der Waals surface area (Å²) in [4.78, 5) is 23.9.